The van der Waals surface area contributed by atoms with Gasteiger partial charge in [-0.3, -0.25) is 15.0 Å². The van der Waals surface area contributed by atoms with E-state index < -0.39 is 0 Å². The first-order chi connectivity index (χ1) is 33.4. The topological polar surface area (TPSA) is 87.8 Å². The summed E-state index contributed by atoms with van der Waals surface area (Å²) in [7, 11) is 1.78. The minimum atomic E-state index is -0.0847. The van der Waals surface area contributed by atoms with Crippen LogP contribution in [0.2, 0.25) is 0 Å². The van der Waals surface area contributed by atoms with Gasteiger partial charge >= 0.3 is 0 Å². The van der Waals surface area contributed by atoms with Gasteiger partial charge in [-0.25, -0.2) is 0 Å². The normalized spacial score (nSPS) is 12.4. The van der Waals surface area contributed by atoms with Crippen molar-refractivity contribution in [2.45, 2.75) is 45.5 Å². The lowest BCUT2D eigenvalue weighted by Gasteiger charge is -2.15. The summed E-state index contributed by atoms with van der Waals surface area (Å²) in [6, 6.07) is 55.6. The van der Waals surface area contributed by atoms with Crippen LogP contribution in [0.1, 0.15) is 51.8 Å². The molecule has 2 heterocycles. The maximum absolute atomic E-state index is 12.4. The Hall–Kier alpha value is -7.68. The van der Waals surface area contributed by atoms with Crippen LogP contribution in [0.5, 0.6) is 0 Å². The van der Waals surface area contributed by atoms with Crippen LogP contribution in [-0.4, -0.2) is 32.9 Å². The van der Waals surface area contributed by atoms with Gasteiger partial charge in [-0.05, 0) is 108 Å². The van der Waals surface area contributed by atoms with Gasteiger partial charge in [-0.15, -0.1) is 0 Å². The maximum atomic E-state index is 12.4. The number of halogens is 1. The van der Waals surface area contributed by atoms with Gasteiger partial charge in [0.2, 0.25) is 0 Å². The van der Waals surface area contributed by atoms with Crippen molar-refractivity contribution in [3.8, 4) is 55.9 Å². The van der Waals surface area contributed by atoms with Crippen LogP contribution in [0.4, 0.5) is 4.53 Å². The van der Waals surface area contributed by atoms with Crippen molar-refractivity contribution < 1.29 is 19.7 Å². The Morgan fingerprint density at radius 2 is 1.15 bits per heavy atom. The van der Waals surface area contributed by atoms with Crippen molar-refractivity contribution in [1.82, 2.24) is 9.97 Å². The summed E-state index contributed by atoms with van der Waals surface area (Å²) in [4.78, 5) is 18.0. The van der Waals surface area contributed by atoms with E-state index in [1.54, 1.807) is 7.05 Å². The van der Waals surface area contributed by atoms with E-state index >= 15 is 0 Å². The van der Waals surface area contributed by atoms with E-state index in [1.165, 1.54) is 11.1 Å². The van der Waals surface area contributed by atoms with E-state index in [9.17, 15) is 14.7 Å². The molecule has 7 heteroatoms. The molecule has 0 aliphatic heterocycles. The van der Waals surface area contributed by atoms with Crippen LogP contribution < -0.4 is 0 Å². The van der Waals surface area contributed by atoms with Gasteiger partial charge in [0, 0.05) is 42.0 Å². The fourth-order valence-electron chi connectivity index (χ4n) is 8.28. The second-order valence-corrected chi connectivity index (χ2v) is 16.7. The standard InChI is InChI=1S/C61H54FN3O3/c1-43(52-31-33-60(64-38-52)50-25-19-44(40-66)20-26-50)11-4-3-5-12-47-35-54(56-15-7-6-13-48(56)14-10-18-59(63-2)49-29-23-46(24-30-49)42-68-62)37-55(36-47)58-17-9-8-16-57(58)53-32-34-61(65-39-53)51-27-21-45(41-67)22-28-51/h3-11,13,15-39,43,66-67H,12,14,40-42H2,1-2H3/b5-3-,11-4-,18-10-,63-59?. The number of benzene rings is 6. The van der Waals surface area contributed by atoms with Crippen LogP contribution in [0.15, 0.2) is 218 Å². The first-order valence-corrected chi connectivity index (χ1v) is 22.9. The Bertz CT molecular complexity index is 3030. The minimum absolute atomic E-state index is 0.00705. The molecule has 1 unspecified atom stereocenters. The first-order valence-electron chi connectivity index (χ1n) is 22.9. The first kappa shape index (κ1) is 46.8. The molecule has 2 aromatic heterocycles. The molecule has 68 heavy (non-hydrogen) atoms. The zero-order valence-corrected chi connectivity index (χ0v) is 38.3. The SMILES string of the molecule is CN=C(/C=C\Cc1ccccc1-c1cc(C/C=C\C=C/C(C)c2ccc(-c3ccc(CO)cc3)nc2)cc(-c2ccccc2-c2ccc(-c3ccc(CO)cc3)nc2)c1)c1ccc(COF)cc1. The van der Waals surface area contributed by atoms with Gasteiger partial charge < -0.3 is 10.2 Å². The van der Waals surface area contributed by atoms with Crippen molar-refractivity contribution in [2.24, 2.45) is 4.99 Å². The summed E-state index contributed by atoms with van der Waals surface area (Å²) >= 11 is 0. The number of aliphatic hydroxyl groups is 2. The molecule has 2 N–H and O–H groups in total. The Morgan fingerprint density at radius 3 is 1.74 bits per heavy atom. The number of hydrogen-bond donors (Lipinski definition) is 2. The molecule has 1 atom stereocenters. The van der Waals surface area contributed by atoms with Crippen LogP contribution in [0, 0.1) is 0 Å². The maximum Gasteiger partial charge on any atom is 0.113 e. The summed E-state index contributed by atoms with van der Waals surface area (Å²) < 4.78 is 12.4. The Balaban J connectivity index is 1.07. The fraction of sp³-hybridized carbons (Fsp3) is 0.131. The minimum Gasteiger partial charge on any atom is -0.392 e. The molecule has 0 aliphatic rings. The summed E-state index contributed by atoms with van der Waals surface area (Å²) in [6.45, 7) is 2.12. The summed E-state index contributed by atoms with van der Waals surface area (Å²) in [5, 5.41) is 18.9. The van der Waals surface area contributed by atoms with E-state index in [4.69, 9.17) is 9.97 Å². The summed E-state index contributed by atoms with van der Waals surface area (Å²) in [5.74, 6) is 0.174. The van der Waals surface area contributed by atoms with Gasteiger partial charge in [0.15, 0.2) is 0 Å². The molecular weight excluding hydrogens is 842 g/mol. The lowest BCUT2D eigenvalue weighted by Crippen LogP contribution is -1.98. The third-order valence-corrected chi connectivity index (χ3v) is 12.1. The number of aliphatic hydroxyl groups excluding tert-OH is 2. The third-order valence-electron chi connectivity index (χ3n) is 12.1. The number of aromatic nitrogens is 2. The zero-order valence-electron chi connectivity index (χ0n) is 38.3. The van der Waals surface area contributed by atoms with Crippen molar-refractivity contribution in [3.63, 3.8) is 0 Å². The highest BCUT2D eigenvalue weighted by Gasteiger charge is 2.14. The summed E-state index contributed by atoms with van der Waals surface area (Å²) in [5.41, 5.74) is 18.2. The highest BCUT2D eigenvalue weighted by atomic mass is 19.3. The lowest BCUT2D eigenvalue weighted by atomic mass is 9.89. The van der Waals surface area contributed by atoms with Crippen molar-refractivity contribution in [2.75, 3.05) is 7.05 Å². The van der Waals surface area contributed by atoms with Crippen LogP contribution >= 0.6 is 0 Å². The van der Waals surface area contributed by atoms with E-state index in [1.807, 2.05) is 91.3 Å². The molecule has 8 rings (SSSR count). The van der Waals surface area contributed by atoms with Crippen LogP contribution in [-0.2, 0) is 37.6 Å². The Labute approximate surface area is 398 Å². The second kappa shape index (κ2) is 23.2. The van der Waals surface area contributed by atoms with Gasteiger partial charge in [0.25, 0.3) is 0 Å². The Kier molecular flexibility index (Phi) is 16.0. The van der Waals surface area contributed by atoms with Crippen LogP contribution in [0.25, 0.3) is 55.9 Å². The highest BCUT2D eigenvalue weighted by molar-refractivity contribution is 6.08. The molecule has 0 saturated heterocycles. The molecule has 0 saturated carbocycles. The number of aliphatic imine (C=N–C) groups is 1. The molecule has 0 radical (unpaired) electrons. The van der Waals surface area contributed by atoms with E-state index in [-0.39, 0.29) is 25.7 Å². The molecule has 0 spiro atoms. The number of allylic oxidation sites excluding steroid dienone is 6. The lowest BCUT2D eigenvalue weighted by molar-refractivity contribution is -0.144. The number of nitrogens with zero attached hydrogens (tertiary/aromatic N) is 3. The van der Waals surface area contributed by atoms with E-state index in [2.05, 4.69) is 138 Å². The molecule has 6 nitrogen and oxygen atoms in total. The van der Waals surface area contributed by atoms with E-state index in [0.717, 1.165) is 95.8 Å². The van der Waals surface area contributed by atoms with Gasteiger partial charge in [0.05, 0.1) is 30.3 Å². The molecule has 338 valence electrons. The number of pyridine rings is 2. The van der Waals surface area contributed by atoms with Crippen molar-refractivity contribution in [1.29, 1.82) is 0 Å². The molecule has 0 bridgehead atoms. The average molecular weight is 896 g/mol. The van der Waals surface area contributed by atoms with Gasteiger partial charge in [0.1, 0.15) is 6.61 Å². The van der Waals surface area contributed by atoms with Gasteiger partial charge in [-0.1, -0.05) is 183 Å². The van der Waals surface area contributed by atoms with Crippen molar-refractivity contribution >= 4 is 5.71 Å². The molecular formula is C61H54FN3O3. The molecule has 0 fully saturated rings. The summed E-state index contributed by atoms with van der Waals surface area (Å²) in [6.07, 6.45) is 18.1. The monoisotopic (exact) mass is 895 g/mol. The Morgan fingerprint density at radius 1 is 0.574 bits per heavy atom. The predicted molar refractivity (Wildman–Crippen MR) is 276 cm³/mol. The average Bonchev–Trinajstić information content (AvgIpc) is 3.40. The molecule has 6 aromatic carbocycles. The van der Waals surface area contributed by atoms with Crippen LogP contribution in [0.3, 0.4) is 0 Å². The fourth-order valence-corrected chi connectivity index (χ4v) is 8.28. The zero-order chi connectivity index (χ0) is 47.1. The molecule has 0 amide bonds. The largest absolute Gasteiger partial charge is 0.392 e. The molecule has 8 aromatic rings. The third kappa shape index (κ3) is 11.8. The quantitative estimate of drug-likeness (QED) is 0.0662. The number of rotatable bonds is 18. The smallest absolute Gasteiger partial charge is 0.113 e. The predicted octanol–water partition coefficient (Wildman–Crippen LogP) is 13.9. The second-order valence-electron chi connectivity index (χ2n) is 16.7. The number of hydrogen-bond acceptors (Lipinski definition) is 6. The van der Waals surface area contributed by atoms with E-state index in [0.29, 0.717) is 6.42 Å². The van der Waals surface area contributed by atoms with Crippen molar-refractivity contribution in [3.05, 3.63) is 252 Å². The highest BCUT2D eigenvalue weighted by Crippen LogP contribution is 2.37. The van der Waals surface area contributed by atoms with Gasteiger partial charge in [-0.2, -0.15) is 4.94 Å². The molecule has 0 aliphatic carbocycles.